The molecule has 0 amide bonds. The average molecular weight is 336 g/mol. The first-order chi connectivity index (χ1) is 11.8. The van der Waals surface area contributed by atoms with Crippen molar-refractivity contribution in [2.45, 2.75) is 32.9 Å². The monoisotopic (exact) mass is 336 g/mol. The fourth-order valence-electron chi connectivity index (χ4n) is 2.61. The van der Waals surface area contributed by atoms with Crippen LogP contribution in [0.5, 0.6) is 0 Å². The number of anilines is 1. The van der Waals surface area contributed by atoms with Crippen molar-refractivity contribution < 1.29 is 0 Å². The minimum atomic E-state index is -0.272. The van der Waals surface area contributed by atoms with Crippen molar-refractivity contribution >= 4 is 17.0 Å². The molecule has 0 aliphatic rings. The Morgan fingerprint density at radius 1 is 1.28 bits per heavy atom. The number of nitrogens with one attached hydrogen (secondary N) is 1. The fourth-order valence-corrected chi connectivity index (χ4v) is 2.61. The van der Waals surface area contributed by atoms with Crippen molar-refractivity contribution in [1.29, 1.82) is 5.26 Å². The Kier molecular flexibility index (Phi) is 4.05. The molecule has 2 heterocycles. The molecule has 0 bridgehead atoms. The quantitative estimate of drug-likeness (QED) is 0.793. The van der Waals surface area contributed by atoms with Gasteiger partial charge in [-0.15, -0.1) is 0 Å². The van der Waals surface area contributed by atoms with E-state index in [1.165, 1.54) is 0 Å². The molecule has 0 atom stereocenters. The maximum absolute atomic E-state index is 12.4. The molecule has 0 spiro atoms. The zero-order chi connectivity index (χ0) is 18.2. The van der Waals surface area contributed by atoms with Gasteiger partial charge in [0.25, 0.3) is 5.56 Å². The number of nitriles is 1. The molecule has 0 saturated heterocycles. The van der Waals surface area contributed by atoms with Gasteiger partial charge in [0.1, 0.15) is 5.39 Å². The van der Waals surface area contributed by atoms with Crippen molar-refractivity contribution in [2.75, 3.05) is 11.9 Å². The van der Waals surface area contributed by atoms with Crippen molar-refractivity contribution in [3.63, 3.8) is 0 Å². The number of aromatic nitrogens is 4. The molecular formula is C18H20N6O. The summed E-state index contributed by atoms with van der Waals surface area (Å²) in [4.78, 5) is 21.7. The van der Waals surface area contributed by atoms with Crippen LogP contribution in [0.15, 0.2) is 35.3 Å². The predicted molar refractivity (Wildman–Crippen MR) is 96.4 cm³/mol. The molecule has 0 saturated carbocycles. The van der Waals surface area contributed by atoms with Gasteiger partial charge >= 0.3 is 0 Å². The van der Waals surface area contributed by atoms with Gasteiger partial charge in [-0.05, 0) is 38.5 Å². The Labute approximate surface area is 145 Å². The van der Waals surface area contributed by atoms with Gasteiger partial charge in [0, 0.05) is 13.6 Å². The van der Waals surface area contributed by atoms with Gasteiger partial charge in [-0.1, -0.05) is 12.1 Å². The molecule has 2 aromatic heterocycles. The van der Waals surface area contributed by atoms with Gasteiger partial charge < -0.3 is 4.90 Å². The smallest absolute Gasteiger partial charge is 0.263 e. The number of rotatable bonds is 3. The van der Waals surface area contributed by atoms with Crippen molar-refractivity contribution in [3.8, 4) is 6.07 Å². The lowest BCUT2D eigenvalue weighted by atomic mass is 10.1. The Balaban J connectivity index is 1.97. The Hall–Kier alpha value is -3.14. The predicted octanol–water partition coefficient (Wildman–Crippen LogP) is 2.38. The van der Waals surface area contributed by atoms with Gasteiger partial charge in [0.2, 0.25) is 5.95 Å². The molecular weight excluding hydrogens is 316 g/mol. The third-order valence-electron chi connectivity index (χ3n) is 3.93. The second kappa shape index (κ2) is 6.06. The highest BCUT2D eigenvalue weighted by Crippen LogP contribution is 2.20. The van der Waals surface area contributed by atoms with Gasteiger partial charge in [-0.3, -0.25) is 9.78 Å². The zero-order valence-electron chi connectivity index (χ0n) is 14.7. The molecule has 0 aliphatic carbocycles. The molecule has 1 aromatic carbocycles. The largest absolute Gasteiger partial charge is 0.341 e. The van der Waals surface area contributed by atoms with Crippen LogP contribution < -0.4 is 10.5 Å². The zero-order valence-corrected chi connectivity index (χ0v) is 14.7. The topological polar surface area (TPSA) is 90.6 Å². The number of fused-ring (bicyclic) bond motifs is 1. The fraction of sp³-hybridized carbons (Fsp3) is 0.333. The van der Waals surface area contributed by atoms with Crippen molar-refractivity contribution in [1.82, 2.24) is 19.7 Å². The van der Waals surface area contributed by atoms with E-state index in [0.29, 0.717) is 29.1 Å². The molecule has 7 heteroatoms. The summed E-state index contributed by atoms with van der Waals surface area (Å²) in [5.41, 5.74) is 1.73. The summed E-state index contributed by atoms with van der Waals surface area (Å²) in [7, 11) is 1.86. The van der Waals surface area contributed by atoms with Crippen LogP contribution >= 0.6 is 0 Å². The van der Waals surface area contributed by atoms with E-state index < -0.39 is 0 Å². The highest BCUT2D eigenvalue weighted by molar-refractivity contribution is 5.74. The molecule has 0 aliphatic heterocycles. The number of hydrogen-bond acceptors (Lipinski definition) is 5. The highest BCUT2D eigenvalue weighted by Gasteiger charge is 2.20. The summed E-state index contributed by atoms with van der Waals surface area (Å²) in [6, 6.07) is 9.44. The van der Waals surface area contributed by atoms with E-state index in [4.69, 9.17) is 5.26 Å². The van der Waals surface area contributed by atoms with E-state index in [1.54, 1.807) is 23.0 Å². The minimum absolute atomic E-state index is 0.206. The molecule has 0 radical (unpaired) electrons. The second-order valence-corrected chi connectivity index (χ2v) is 7.02. The number of aromatic amines is 1. The van der Waals surface area contributed by atoms with E-state index in [9.17, 15) is 4.79 Å². The first kappa shape index (κ1) is 16.7. The van der Waals surface area contributed by atoms with Gasteiger partial charge in [-0.2, -0.15) is 15.3 Å². The molecule has 25 heavy (non-hydrogen) atoms. The van der Waals surface area contributed by atoms with Crippen LogP contribution in [0.4, 0.5) is 5.95 Å². The summed E-state index contributed by atoms with van der Waals surface area (Å²) < 4.78 is 1.76. The average Bonchev–Trinajstić information content (AvgIpc) is 3.00. The minimum Gasteiger partial charge on any atom is -0.341 e. The Morgan fingerprint density at radius 3 is 2.56 bits per heavy atom. The van der Waals surface area contributed by atoms with Gasteiger partial charge in [-0.25, -0.2) is 4.68 Å². The lowest BCUT2D eigenvalue weighted by Crippen LogP contribution is -2.26. The number of benzene rings is 1. The first-order valence-electron chi connectivity index (χ1n) is 7.98. The van der Waals surface area contributed by atoms with E-state index >= 15 is 0 Å². The van der Waals surface area contributed by atoms with Crippen LogP contribution in [0.25, 0.3) is 11.0 Å². The third-order valence-corrected chi connectivity index (χ3v) is 3.93. The molecule has 3 rings (SSSR count). The van der Waals surface area contributed by atoms with Crippen LogP contribution in [-0.2, 0) is 12.1 Å². The first-order valence-corrected chi connectivity index (χ1v) is 7.98. The highest BCUT2D eigenvalue weighted by atomic mass is 16.1. The van der Waals surface area contributed by atoms with E-state index in [1.807, 2.05) is 44.9 Å². The Bertz CT molecular complexity index is 1000. The summed E-state index contributed by atoms with van der Waals surface area (Å²) in [6.07, 6.45) is 1.55. The summed E-state index contributed by atoms with van der Waals surface area (Å²) in [5.74, 6) is 0.479. The van der Waals surface area contributed by atoms with Crippen LogP contribution in [-0.4, -0.2) is 26.8 Å². The molecule has 1 N–H and O–H groups in total. The number of H-pyrrole nitrogens is 1. The van der Waals surface area contributed by atoms with Gasteiger partial charge in [0.15, 0.2) is 5.65 Å². The summed E-state index contributed by atoms with van der Waals surface area (Å²) >= 11 is 0. The molecule has 3 aromatic rings. The standard InChI is InChI=1S/C18H20N6O/c1-18(2,3)24-15-14(10-20-24)16(25)22-17(21-15)23(4)11-13-7-5-12(9-19)6-8-13/h5-8,10H,11H2,1-4H3,(H,21,22,25). The third kappa shape index (κ3) is 3.24. The van der Waals surface area contributed by atoms with Crippen LogP contribution in [0, 0.1) is 11.3 Å². The van der Waals surface area contributed by atoms with Crippen LogP contribution in [0.2, 0.25) is 0 Å². The van der Waals surface area contributed by atoms with Gasteiger partial charge in [0.05, 0.1) is 23.4 Å². The number of hydrogen-bond donors (Lipinski definition) is 1. The van der Waals surface area contributed by atoms with Crippen molar-refractivity contribution in [2.24, 2.45) is 0 Å². The SMILES string of the molecule is CN(Cc1ccc(C#N)cc1)c1nc2c(cnn2C(C)(C)C)c(=O)[nH]1. The molecule has 128 valence electrons. The summed E-state index contributed by atoms with van der Waals surface area (Å²) in [5, 5.41) is 13.7. The normalized spacial score (nSPS) is 11.5. The summed E-state index contributed by atoms with van der Waals surface area (Å²) in [6.45, 7) is 6.61. The maximum Gasteiger partial charge on any atom is 0.263 e. The Morgan fingerprint density at radius 2 is 1.96 bits per heavy atom. The van der Waals surface area contributed by atoms with Crippen LogP contribution in [0.3, 0.4) is 0 Å². The van der Waals surface area contributed by atoms with Crippen molar-refractivity contribution in [3.05, 3.63) is 51.9 Å². The second-order valence-electron chi connectivity index (χ2n) is 7.02. The van der Waals surface area contributed by atoms with E-state index in [2.05, 4.69) is 21.1 Å². The lowest BCUT2D eigenvalue weighted by Gasteiger charge is -2.21. The van der Waals surface area contributed by atoms with Crippen LogP contribution in [0.1, 0.15) is 31.9 Å². The molecule has 0 fully saturated rings. The molecule has 7 nitrogen and oxygen atoms in total. The number of nitrogens with zero attached hydrogens (tertiary/aromatic N) is 5. The molecule has 0 unspecified atom stereocenters. The maximum atomic E-state index is 12.4. The lowest BCUT2D eigenvalue weighted by molar-refractivity contribution is 0.366. The van der Waals surface area contributed by atoms with E-state index in [0.717, 1.165) is 5.56 Å². The van der Waals surface area contributed by atoms with E-state index in [-0.39, 0.29) is 11.1 Å².